The summed E-state index contributed by atoms with van der Waals surface area (Å²) in [6, 6.07) is -1.78. The smallest absolute Gasteiger partial charge is 0.329 e. The van der Waals surface area contributed by atoms with E-state index in [1.54, 1.807) is 6.92 Å². The third-order valence-corrected chi connectivity index (χ3v) is 6.62. The maximum absolute atomic E-state index is 12.1. The predicted molar refractivity (Wildman–Crippen MR) is 73.7 cm³/mol. The van der Waals surface area contributed by atoms with Crippen LogP contribution >= 0.6 is 11.6 Å². The monoisotopic (exact) mass is 323 g/mol. The summed E-state index contributed by atoms with van der Waals surface area (Å²) in [5.41, 5.74) is -1.25. The Morgan fingerprint density at radius 3 is 2.55 bits per heavy atom. The zero-order valence-electron chi connectivity index (χ0n) is 11.5. The molecule has 0 aromatic rings. The number of alkyl halides is 1. The lowest BCUT2D eigenvalue weighted by Crippen LogP contribution is -2.68. The van der Waals surface area contributed by atoms with Gasteiger partial charge in [-0.25, -0.2) is 4.79 Å². The van der Waals surface area contributed by atoms with Gasteiger partial charge in [-0.15, -0.1) is 11.6 Å². The molecule has 20 heavy (non-hydrogen) atoms. The van der Waals surface area contributed by atoms with E-state index in [0.717, 1.165) is 0 Å². The second-order valence-corrected chi connectivity index (χ2v) is 8.70. The van der Waals surface area contributed by atoms with E-state index in [1.165, 1.54) is 18.7 Å². The molecule has 6 nitrogen and oxygen atoms in total. The van der Waals surface area contributed by atoms with Crippen molar-refractivity contribution >= 4 is 34.3 Å². The van der Waals surface area contributed by atoms with Crippen molar-refractivity contribution in [1.29, 1.82) is 0 Å². The minimum absolute atomic E-state index is 0.117. The molecular formula is C12H18ClNO5S. The van der Waals surface area contributed by atoms with Crippen LogP contribution in [0.5, 0.6) is 0 Å². The van der Waals surface area contributed by atoms with E-state index in [4.69, 9.17) is 11.6 Å². The average Bonchev–Trinajstić information content (AvgIpc) is 2.57. The maximum atomic E-state index is 12.1. The number of carbonyl (C=O) groups is 2. The molecule has 2 N–H and O–H groups in total. The van der Waals surface area contributed by atoms with Gasteiger partial charge in [-0.1, -0.05) is 6.92 Å². The van der Waals surface area contributed by atoms with E-state index in [2.05, 4.69) is 0 Å². The number of halogens is 1. The first-order valence-corrected chi connectivity index (χ1v) is 8.10. The second kappa shape index (κ2) is 4.68. The molecule has 8 heteroatoms. The number of rotatable bonds is 4. The number of β-lactam (4-membered cyclic amide) rings is 1. The molecular weight excluding hydrogens is 306 g/mol. The molecule has 2 rings (SSSR count). The highest BCUT2D eigenvalue weighted by atomic mass is 35.5. The van der Waals surface area contributed by atoms with Crippen molar-refractivity contribution < 1.29 is 24.0 Å². The van der Waals surface area contributed by atoms with E-state index in [9.17, 15) is 24.0 Å². The molecule has 0 bridgehead atoms. The largest absolute Gasteiger partial charge is 0.480 e. The normalized spacial score (nSPS) is 38.4. The van der Waals surface area contributed by atoms with Crippen LogP contribution in [0.15, 0.2) is 0 Å². The first-order valence-electron chi connectivity index (χ1n) is 6.40. The summed E-state index contributed by atoms with van der Waals surface area (Å²) < 4.78 is 10.7. The van der Waals surface area contributed by atoms with Gasteiger partial charge in [0.15, 0.2) is 10.2 Å². The Kier molecular flexibility index (Phi) is 3.68. The van der Waals surface area contributed by atoms with Crippen LogP contribution in [0, 0.1) is 5.92 Å². The van der Waals surface area contributed by atoms with Crippen molar-refractivity contribution in [3.8, 4) is 0 Å². The SMILES string of the molecule is CCS(=O)C1(Cl)CC2C(C(C)(C)O)C(=O)N2[C@H]1C(=O)O. The van der Waals surface area contributed by atoms with E-state index >= 15 is 0 Å². The molecule has 1 amide bonds. The zero-order chi connectivity index (χ0) is 15.5. The number of hydrogen-bond donors (Lipinski definition) is 2. The molecule has 0 saturated carbocycles. The molecule has 5 atom stereocenters. The Morgan fingerprint density at radius 1 is 1.60 bits per heavy atom. The van der Waals surface area contributed by atoms with Crippen molar-refractivity contribution in [2.75, 3.05) is 5.75 Å². The number of fused-ring (bicyclic) bond motifs is 1. The molecule has 0 spiro atoms. The van der Waals surface area contributed by atoms with Crippen LogP contribution in [0.4, 0.5) is 0 Å². The Bertz CT molecular complexity index is 491. The molecule has 0 aromatic heterocycles. The summed E-state index contributed by atoms with van der Waals surface area (Å²) in [7, 11) is -1.57. The summed E-state index contributed by atoms with van der Waals surface area (Å²) in [5.74, 6) is -2.17. The van der Waals surface area contributed by atoms with Gasteiger partial charge in [0.25, 0.3) is 0 Å². The molecule has 2 saturated heterocycles. The molecule has 114 valence electrons. The Balaban J connectivity index is 2.40. The minimum Gasteiger partial charge on any atom is -0.480 e. The molecule has 2 aliphatic rings. The van der Waals surface area contributed by atoms with Crippen LogP contribution in [0.1, 0.15) is 27.2 Å². The van der Waals surface area contributed by atoms with Gasteiger partial charge in [0.2, 0.25) is 5.91 Å². The lowest BCUT2D eigenvalue weighted by Gasteiger charge is -2.49. The molecule has 2 heterocycles. The van der Waals surface area contributed by atoms with Crippen LogP contribution in [-0.4, -0.2) is 58.8 Å². The van der Waals surface area contributed by atoms with Gasteiger partial charge < -0.3 is 15.1 Å². The number of aliphatic hydroxyl groups is 1. The summed E-state index contributed by atoms with van der Waals surface area (Å²) in [4.78, 5) is 24.8. The third kappa shape index (κ3) is 1.98. The molecule has 2 aliphatic heterocycles. The Hall–Kier alpha value is -0.660. The predicted octanol–water partition coefficient (Wildman–Crippen LogP) is 0.145. The van der Waals surface area contributed by atoms with Gasteiger partial charge in [-0.05, 0) is 13.8 Å². The third-order valence-electron chi connectivity index (χ3n) is 4.07. The van der Waals surface area contributed by atoms with Crippen molar-refractivity contribution in [2.24, 2.45) is 5.92 Å². The molecule has 2 fully saturated rings. The number of carboxylic acids is 1. The zero-order valence-corrected chi connectivity index (χ0v) is 13.1. The van der Waals surface area contributed by atoms with Crippen LogP contribution in [0.3, 0.4) is 0 Å². The molecule has 0 radical (unpaired) electrons. The van der Waals surface area contributed by atoms with E-state index in [-0.39, 0.29) is 12.2 Å². The second-order valence-electron chi connectivity index (χ2n) is 5.81. The summed E-state index contributed by atoms with van der Waals surface area (Å²) in [6.45, 7) is 4.67. The van der Waals surface area contributed by atoms with Crippen molar-refractivity contribution in [3.63, 3.8) is 0 Å². The highest BCUT2D eigenvalue weighted by molar-refractivity contribution is 7.88. The fraction of sp³-hybridized carbons (Fsp3) is 0.833. The van der Waals surface area contributed by atoms with Crippen molar-refractivity contribution in [2.45, 2.75) is 49.1 Å². The number of carbonyl (C=O) groups excluding carboxylic acids is 1. The fourth-order valence-corrected chi connectivity index (χ4v) is 5.22. The molecule has 0 aromatic carbocycles. The van der Waals surface area contributed by atoms with Gasteiger partial charge in [0.1, 0.15) is 0 Å². The van der Waals surface area contributed by atoms with E-state index in [1.807, 2.05) is 0 Å². The quantitative estimate of drug-likeness (QED) is 0.567. The first kappa shape index (κ1) is 15.7. The molecule has 0 aliphatic carbocycles. The van der Waals surface area contributed by atoms with E-state index < -0.39 is 50.5 Å². The standard InChI is InChI=1S/C12H18ClNO5S/c1-4-20(19)12(13)5-6-7(11(2,3)18)9(15)14(6)8(12)10(16)17/h6-8,18H,4-5H2,1-3H3,(H,16,17)/t6?,7?,8-,12?,20?/m0/s1. The van der Waals surface area contributed by atoms with E-state index in [0.29, 0.717) is 0 Å². The topological polar surface area (TPSA) is 94.9 Å². The first-order chi connectivity index (χ1) is 9.05. The van der Waals surface area contributed by atoms with Crippen molar-refractivity contribution in [3.05, 3.63) is 0 Å². The highest BCUT2D eigenvalue weighted by Gasteiger charge is 2.69. The van der Waals surface area contributed by atoms with Gasteiger partial charge in [0, 0.05) is 29.0 Å². The van der Waals surface area contributed by atoms with Gasteiger partial charge >= 0.3 is 5.97 Å². The number of amides is 1. The average molecular weight is 324 g/mol. The maximum Gasteiger partial charge on any atom is 0.329 e. The van der Waals surface area contributed by atoms with Crippen molar-refractivity contribution in [1.82, 2.24) is 4.90 Å². The lowest BCUT2D eigenvalue weighted by atomic mass is 9.76. The van der Waals surface area contributed by atoms with Crippen LogP contribution < -0.4 is 0 Å². The summed E-state index contributed by atoms with van der Waals surface area (Å²) in [6.07, 6.45) is 0.117. The van der Waals surface area contributed by atoms with Gasteiger partial charge in [0.05, 0.1) is 11.5 Å². The fourth-order valence-electron chi connectivity index (χ4n) is 3.24. The van der Waals surface area contributed by atoms with Gasteiger partial charge in [-0.3, -0.25) is 9.00 Å². The summed E-state index contributed by atoms with van der Waals surface area (Å²) >= 11 is 6.34. The minimum atomic E-state index is -1.57. The lowest BCUT2D eigenvalue weighted by molar-refractivity contribution is -0.177. The Morgan fingerprint density at radius 2 is 2.15 bits per heavy atom. The van der Waals surface area contributed by atoms with Crippen LogP contribution in [-0.2, 0) is 20.4 Å². The van der Waals surface area contributed by atoms with Crippen LogP contribution in [0.25, 0.3) is 0 Å². The summed E-state index contributed by atoms with van der Waals surface area (Å²) in [5, 5.41) is 19.4. The highest BCUT2D eigenvalue weighted by Crippen LogP contribution is 2.52. The number of carboxylic acid groups (broad SMARTS) is 1. The van der Waals surface area contributed by atoms with Crippen LogP contribution in [0.2, 0.25) is 0 Å². The van der Waals surface area contributed by atoms with Gasteiger partial charge in [-0.2, -0.15) is 0 Å². The number of nitrogens with zero attached hydrogens (tertiary/aromatic N) is 1. The number of hydrogen-bond acceptors (Lipinski definition) is 4. The molecule has 4 unspecified atom stereocenters. The number of aliphatic carboxylic acids is 1. The Labute approximate surface area is 124 Å².